The van der Waals surface area contributed by atoms with Crippen LogP contribution < -0.4 is 0 Å². The second kappa shape index (κ2) is 3.23. The summed E-state index contributed by atoms with van der Waals surface area (Å²) in [7, 11) is 0. The van der Waals surface area contributed by atoms with Crippen molar-refractivity contribution in [1.82, 2.24) is 4.98 Å². The lowest BCUT2D eigenvalue weighted by Crippen LogP contribution is -1.74. The number of rotatable bonds is 0. The first-order chi connectivity index (χ1) is 5.66. The lowest BCUT2D eigenvalue weighted by atomic mass is 10.3. The van der Waals surface area contributed by atoms with Crippen LogP contribution in [0.25, 0.3) is 10.2 Å². The maximum Gasteiger partial charge on any atom is 0.0957 e. The van der Waals surface area contributed by atoms with Crippen molar-refractivity contribution >= 4 is 60.1 Å². The smallest absolute Gasteiger partial charge is 0.0957 e. The van der Waals surface area contributed by atoms with Gasteiger partial charge in [-0.2, -0.15) is 0 Å². The van der Waals surface area contributed by atoms with Crippen molar-refractivity contribution < 1.29 is 0 Å². The van der Waals surface area contributed by atoms with E-state index in [1.165, 1.54) is 8.27 Å². The zero-order valence-corrected chi connectivity index (χ0v) is 10.8. The van der Waals surface area contributed by atoms with Crippen LogP contribution in [0.4, 0.5) is 0 Å². The molecule has 1 nitrogen and oxygen atoms in total. The van der Waals surface area contributed by atoms with Crippen molar-refractivity contribution in [2.45, 2.75) is 6.92 Å². The second-order valence-corrected chi connectivity index (χ2v) is 5.80. The van der Waals surface area contributed by atoms with E-state index in [9.17, 15) is 0 Å². The fourth-order valence-corrected chi connectivity index (χ4v) is 3.90. The Morgan fingerprint density at radius 3 is 3.00 bits per heavy atom. The van der Waals surface area contributed by atoms with E-state index in [-0.39, 0.29) is 0 Å². The third-order valence-electron chi connectivity index (χ3n) is 1.52. The lowest BCUT2D eigenvalue weighted by Gasteiger charge is -1.93. The van der Waals surface area contributed by atoms with Gasteiger partial charge in [0, 0.05) is 8.04 Å². The summed E-state index contributed by atoms with van der Waals surface area (Å²) in [6.07, 6.45) is 0. The highest BCUT2D eigenvalue weighted by Gasteiger charge is 2.04. The van der Waals surface area contributed by atoms with Crippen LogP contribution >= 0.6 is 49.9 Å². The molecular weight excluding hydrogens is 349 g/mol. The number of nitrogens with zero attached hydrogens (tertiary/aromatic N) is 1. The summed E-state index contributed by atoms with van der Waals surface area (Å²) in [6, 6.07) is 4.24. The molecule has 0 radical (unpaired) electrons. The van der Waals surface area contributed by atoms with Crippen molar-refractivity contribution in [3.8, 4) is 0 Å². The molecule has 1 aromatic heterocycles. The average molecular weight is 354 g/mol. The van der Waals surface area contributed by atoms with Crippen LogP contribution in [0, 0.1) is 10.5 Å². The van der Waals surface area contributed by atoms with E-state index in [4.69, 9.17) is 0 Å². The Hall–Kier alpha value is 0.320. The molecule has 0 aliphatic heterocycles. The second-order valence-electron chi connectivity index (χ2n) is 2.47. The summed E-state index contributed by atoms with van der Waals surface area (Å²) in [5, 5.41) is 1.12. The zero-order chi connectivity index (χ0) is 8.72. The van der Waals surface area contributed by atoms with E-state index in [0.717, 1.165) is 15.0 Å². The predicted octanol–water partition coefficient (Wildman–Crippen LogP) is 3.97. The van der Waals surface area contributed by atoms with Gasteiger partial charge in [-0.05, 0) is 57.6 Å². The number of aromatic nitrogens is 1. The van der Waals surface area contributed by atoms with Gasteiger partial charge in [-0.15, -0.1) is 11.3 Å². The SMILES string of the molecule is Cc1nc2c(Br)cc(I)cc2s1. The van der Waals surface area contributed by atoms with Gasteiger partial charge in [0.15, 0.2) is 0 Å². The molecule has 2 rings (SSSR count). The van der Waals surface area contributed by atoms with Crippen LogP contribution in [0.1, 0.15) is 5.01 Å². The third-order valence-corrected chi connectivity index (χ3v) is 3.67. The Morgan fingerprint density at radius 2 is 2.25 bits per heavy atom. The molecule has 0 saturated carbocycles. The van der Waals surface area contributed by atoms with Crippen LogP contribution in [0.2, 0.25) is 0 Å². The minimum Gasteiger partial charge on any atom is -0.240 e. The molecular formula is C8H5BrINS. The van der Waals surface area contributed by atoms with E-state index < -0.39 is 0 Å². The van der Waals surface area contributed by atoms with Crippen molar-refractivity contribution in [2.75, 3.05) is 0 Å². The fourth-order valence-electron chi connectivity index (χ4n) is 1.07. The van der Waals surface area contributed by atoms with E-state index in [0.29, 0.717) is 0 Å². The lowest BCUT2D eigenvalue weighted by molar-refractivity contribution is 1.34. The molecule has 0 unspecified atom stereocenters. The van der Waals surface area contributed by atoms with Crippen LogP contribution in [-0.4, -0.2) is 4.98 Å². The maximum absolute atomic E-state index is 4.42. The molecule has 0 saturated heterocycles. The van der Waals surface area contributed by atoms with E-state index in [2.05, 4.69) is 55.6 Å². The number of hydrogen-bond acceptors (Lipinski definition) is 2. The first-order valence-corrected chi connectivity index (χ1v) is 6.08. The Labute approximate surface area is 96.5 Å². The van der Waals surface area contributed by atoms with Crippen molar-refractivity contribution in [2.24, 2.45) is 0 Å². The molecule has 62 valence electrons. The van der Waals surface area contributed by atoms with Crippen molar-refractivity contribution in [3.63, 3.8) is 0 Å². The van der Waals surface area contributed by atoms with Crippen LogP contribution in [0.3, 0.4) is 0 Å². The van der Waals surface area contributed by atoms with Gasteiger partial charge in [0.2, 0.25) is 0 Å². The third kappa shape index (κ3) is 1.52. The zero-order valence-electron chi connectivity index (χ0n) is 6.27. The summed E-state index contributed by atoms with van der Waals surface area (Å²) >= 11 is 7.55. The van der Waals surface area contributed by atoms with Gasteiger partial charge >= 0.3 is 0 Å². The number of thiazole rings is 1. The molecule has 0 fully saturated rings. The number of halogens is 2. The molecule has 4 heteroatoms. The number of fused-ring (bicyclic) bond motifs is 1. The summed E-state index contributed by atoms with van der Waals surface area (Å²) in [5.74, 6) is 0. The first kappa shape index (κ1) is 8.90. The summed E-state index contributed by atoms with van der Waals surface area (Å²) < 4.78 is 3.59. The van der Waals surface area contributed by atoms with Gasteiger partial charge in [-0.1, -0.05) is 0 Å². The van der Waals surface area contributed by atoms with Crippen LogP contribution in [-0.2, 0) is 0 Å². The highest BCUT2D eigenvalue weighted by Crippen LogP contribution is 2.29. The number of benzene rings is 1. The standard InChI is InChI=1S/C8H5BrINS/c1-4-11-8-6(9)2-5(10)3-7(8)12-4/h2-3H,1H3. The van der Waals surface area contributed by atoms with Gasteiger partial charge in [-0.25, -0.2) is 4.98 Å². The quantitative estimate of drug-likeness (QED) is 0.653. The molecule has 12 heavy (non-hydrogen) atoms. The number of aryl methyl sites for hydroxylation is 1. The van der Waals surface area contributed by atoms with Crippen LogP contribution in [0.15, 0.2) is 16.6 Å². The highest BCUT2D eigenvalue weighted by molar-refractivity contribution is 14.1. The van der Waals surface area contributed by atoms with Gasteiger partial charge in [0.1, 0.15) is 0 Å². The highest BCUT2D eigenvalue weighted by atomic mass is 127. The van der Waals surface area contributed by atoms with E-state index in [1.54, 1.807) is 11.3 Å². The molecule has 0 aliphatic rings. The van der Waals surface area contributed by atoms with Crippen molar-refractivity contribution in [3.05, 3.63) is 25.2 Å². The van der Waals surface area contributed by atoms with Gasteiger partial charge in [0.25, 0.3) is 0 Å². The van der Waals surface area contributed by atoms with Crippen molar-refractivity contribution in [1.29, 1.82) is 0 Å². The number of hydrogen-bond donors (Lipinski definition) is 0. The van der Waals surface area contributed by atoms with E-state index in [1.807, 2.05) is 6.92 Å². The van der Waals surface area contributed by atoms with Gasteiger partial charge in [0.05, 0.1) is 15.2 Å². The molecule has 1 heterocycles. The van der Waals surface area contributed by atoms with Gasteiger partial charge in [-0.3, -0.25) is 0 Å². The molecule has 0 bridgehead atoms. The molecule has 0 N–H and O–H groups in total. The summed E-state index contributed by atoms with van der Waals surface area (Å²) in [5.41, 5.74) is 1.08. The normalized spacial score (nSPS) is 10.9. The molecule has 0 atom stereocenters. The molecule has 0 amide bonds. The molecule has 0 aliphatic carbocycles. The fraction of sp³-hybridized carbons (Fsp3) is 0.125. The molecule has 0 spiro atoms. The first-order valence-electron chi connectivity index (χ1n) is 3.39. The minimum atomic E-state index is 1.08. The van der Waals surface area contributed by atoms with Gasteiger partial charge < -0.3 is 0 Å². The topological polar surface area (TPSA) is 12.9 Å². The Balaban J connectivity index is 2.88. The summed E-state index contributed by atoms with van der Waals surface area (Å²) in [6.45, 7) is 2.03. The summed E-state index contributed by atoms with van der Waals surface area (Å²) in [4.78, 5) is 4.42. The molecule has 1 aromatic carbocycles. The Morgan fingerprint density at radius 1 is 1.50 bits per heavy atom. The monoisotopic (exact) mass is 353 g/mol. The minimum absolute atomic E-state index is 1.08. The Bertz CT molecular complexity index is 438. The van der Waals surface area contributed by atoms with E-state index >= 15 is 0 Å². The maximum atomic E-state index is 4.42. The largest absolute Gasteiger partial charge is 0.240 e. The molecule has 2 aromatic rings. The predicted molar refractivity (Wildman–Crippen MR) is 64.8 cm³/mol. The average Bonchev–Trinajstić information content (AvgIpc) is 2.29. The van der Waals surface area contributed by atoms with Crippen LogP contribution in [0.5, 0.6) is 0 Å². The Kier molecular flexibility index (Phi) is 2.39.